The van der Waals surface area contributed by atoms with E-state index in [0.29, 0.717) is 0 Å². The van der Waals surface area contributed by atoms with Crippen LogP contribution < -0.4 is 5.32 Å². The monoisotopic (exact) mass is 263 g/mol. The summed E-state index contributed by atoms with van der Waals surface area (Å²) in [6, 6.07) is 0. The molecule has 0 aromatic carbocycles. The Bertz CT molecular complexity index is 504. The van der Waals surface area contributed by atoms with Gasteiger partial charge in [-0.2, -0.15) is 0 Å². The van der Waals surface area contributed by atoms with E-state index in [1.807, 2.05) is 0 Å². The highest BCUT2D eigenvalue weighted by Gasteiger charge is 2.63. The maximum atomic E-state index is 12.1. The summed E-state index contributed by atoms with van der Waals surface area (Å²) in [5.74, 6) is -0.197. The zero-order valence-electron chi connectivity index (χ0n) is 11.2. The molecule has 2 aliphatic carbocycles. The smallest absolute Gasteiger partial charge is 0.155 e. The van der Waals surface area contributed by atoms with Gasteiger partial charge in [0.25, 0.3) is 0 Å². The molecular formula is C14H17NO4. The molecule has 1 aliphatic heterocycles. The van der Waals surface area contributed by atoms with Crippen molar-refractivity contribution in [1.82, 2.24) is 5.32 Å². The van der Waals surface area contributed by atoms with Crippen molar-refractivity contribution in [3.63, 3.8) is 0 Å². The first-order valence-corrected chi connectivity index (χ1v) is 6.60. The molecule has 19 heavy (non-hydrogen) atoms. The van der Waals surface area contributed by atoms with Crippen molar-refractivity contribution < 1.29 is 19.2 Å². The first-order valence-electron chi connectivity index (χ1n) is 6.60. The van der Waals surface area contributed by atoms with Gasteiger partial charge in [-0.15, -0.1) is 0 Å². The normalized spacial score (nSPS) is 31.1. The van der Waals surface area contributed by atoms with Crippen LogP contribution >= 0.6 is 0 Å². The molecule has 0 bridgehead atoms. The van der Waals surface area contributed by atoms with Crippen LogP contribution in [0.2, 0.25) is 0 Å². The Kier molecular flexibility index (Phi) is 2.26. The van der Waals surface area contributed by atoms with E-state index in [4.69, 9.17) is 0 Å². The Hall–Kier alpha value is -1.36. The van der Waals surface area contributed by atoms with Gasteiger partial charge >= 0.3 is 0 Å². The zero-order valence-corrected chi connectivity index (χ0v) is 11.2. The summed E-state index contributed by atoms with van der Waals surface area (Å²) in [6.45, 7) is 3.29. The molecule has 1 saturated heterocycles. The number of nitrogens with one attached hydrogen (secondary N) is 1. The van der Waals surface area contributed by atoms with E-state index < -0.39 is 16.5 Å². The molecule has 0 aromatic heterocycles. The van der Waals surface area contributed by atoms with E-state index in [-0.39, 0.29) is 55.2 Å². The largest absolute Gasteiger partial charge is 0.300 e. The SMILES string of the molecule is CC1(C)C(=O)CC2(CC(=O)C3(CC(=O)C3)N2)CC1=O. The Balaban J connectivity index is 1.88. The average Bonchev–Trinajstić information content (AvgIpc) is 2.49. The Morgan fingerprint density at radius 2 is 1.26 bits per heavy atom. The van der Waals surface area contributed by atoms with E-state index in [9.17, 15) is 19.2 Å². The van der Waals surface area contributed by atoms with E-state index in [1.54, 1.807) is 13.8 Å². The molecule has 102 valence electrons. The van der Waals surface area contributed by atoms with Gasteiger partial charge in [0.1, 0.15) is 17.3 Å². The highest BCUT2D eigenvalue weighted by Crippen LogP contribution is 2.46. The molecule has 1 heterocycles. The molecule has 0 unspecified atom stereocenters. The summed E-state index contributed by atoms with van der Waals surface area (Å²) in [5, 5.41) is 3.19. The second-order valence-corrected chi connectivity index (χ2v) is 6.80. The van der Waals surface area contributed by atoms with Crippen molar-refractivity contribution >= 4 is 23.1 Å². The van der Waals surface area contributed by atoms with Gasteiger partial charge in [-0.05, 0) is 13.8 Å². The molecule has 2 spiro atoms. The zero-order chi connectivity index (χ0) is 14.1. The van der Waals surface area contributed by atoms with Crippen LogP contribution in [-0.4, -0.2) is 34.2 Å². The number of hydrogen-bond donors (Lipinski definition) is 1. The highest BCUT2D eigenvalue weighted by molar-refractivity contribution is 6.12. The Morgan fingerprint density at radius 3 is 1.74 bits per heavy atom. The molecule has 0 radical (unpaired) electrons. The summed E-state index contributed by atoms with van der Waals surface area (Å²) in [4.78, 5) is 47.6. The van der Waals surface area contributed by atoms with E-state index in [1.165, 1.54) is 0 Å². The van der Waals surface area contributed by atoms with Crippen molar-refractivity contribution in [2.75, 3.05) is 0 Å². The quantitative estimate of drug-likeness (QED) is 0.638. The highest BCUT2D eigenvalue weighted by atomic mass is 16.2. The Morgan fingerprint density at radius 1 is 0.789 bits per heavy atom. The van der Waals surface area contributed by atoms with Crippen molar-refractivity contribution in [1.29, 1.82) is 0 Å². The third-order valence-electron chi connectivity index (χ3n) is 4.93. The van der Waals surface area contributed by atoms with Crippen molar-refractivity contribution in [3.05, 3.63) is 0 Å². The van der Waals surface area contributed by atoms with Crippen LogP contribution in [0.3, 0.4) is 0 Å². The van der Waals surface area contributed by atoms with Crippen LogP contribution in [0, 0.1) is 5.41 Å². The van der Waals surface area contributed by atoms with Crippen LogP contribution in [0.4, 0.5) is 0 Å². The second kappa shape index (κ2) is 3.39. The lowest BCUT2D eigenvalue weighted by molar-refractivity contribution is -0.144. The van der Waals surface area contributed by atoms with Crippen LogP contribution in [0.1, 0.15) is 46.0 Å². The maximum Gasteiger partial charge on any atom is 0.155 e. The van der Waals surface area contributed by atoms with E-state index in [2.05, 4.69) is 5.32 Å². The summed E-state index contributed by atoms with van der Waals surface area (Å²) >= 11 is 0. The molecular weight excluding hydrogens is 246 g/mol. The minimum atomic E-state index is -0.943. The summed E-state index contributed by atoms with van der Waals surface area (Å²) < 4.78 is 0. The number of rotatable bonds is 0. The fraction of sp³-hybridized carbons (Fsp3) is 0.714. The maximum absolute atomic E-state index is 12.1. The van der Waals surface area contributed by atoms with Gasteiger partial charge in [-0.25, -0.2) is 0 Å². The number of carbonyl (C=O) groups excluding carboxylic acids is 4. The van der Waals surface area contributed by atoms with E-state index >= 15 is 0 Å². The third kappa shape index (κ3) is 1.57. The van der Waals surface area contributed by atoms with Gasteiger partial charge in [-0.3, -0.25) is 24.5 Å². The molecule has 5 heteroatoms. The van der Waals surface area contributed by atoms with Crippen molar-refractivity contribution in [2.24, 2.45) is 5.41 Å². The van der Waals surface area contributed by atoms with Crippen LogP contribution in [0.25, 0.3) is 0 Å². The molecule has 0 atom stereocenters. The summed E-state index contributed by atoms with van der Waals surface area (Å²) in [6.07, 6.45) is 1.01. The van der Waals surface area contributed by atoms with Gasteiger partial charge < -0.3 is 0 Å². The van der Waals surface area contributed by atoms with Gasteiger partial charge in [0.2, 0.25) is 0 Å². The van der Waals surface area contributed by atoms with Gasteiger partial charge in [0.05, 0.1) is 11.0 Å². The first-order chi connectivity index (χ1) is 8.69. The topological polar surface area (TPSA) is 80.3 Å². The standard InChI is InChI=1S/C14H17NO4/c1-12(2)9(17)5-13(6-10(12)18)7-11(19)14(15-13)3-8(16)4-14/h15H,3-7H2,1-2H3. The minimum Gasteiger partial charge on any atom is -0.300 e. The number of ketones is 4. The first kappa shape index (κ1) is 12.7. The fourth-order valence-electron chi connectivity index (χ4n) is 3.49. The Labute approximate surface area is 111 Å². The third-order valence-corrected chi connectivity index (χ3v) is 4.93. The van der Waals surface area contributed by atoms with Crippen LogP contribution in [0.5, 0.6) is 0 Å². The lowest BCUT2D eigenvalue weighted by Crippen LogP contribution is -2.63. The molecule has 0 amide bonds. The molecule has 0 aromatic rings. The fourth-order valence-corrected chi connectivity index (χ4v) is 3.49. The average molecular weight is 263 g/mol. The van der Waals surface area contributed by atoms with Gasteiger partial charge in [0.15, 0.2) is 5.78 Å². The molecule has 3 rings (SSSR count). The van der Waals surface area contributed by atoms with Gasteiger partial charge in [0, 0.05) is 37.6 Å². The predicted molar refractivity (Wildman–Crippen MR) is 65.5 cm³/mol. The molecule has 2 saturated carbocycles. The summed E-state index contributed by atoms with van der Waals surface area (Å²) in [7, 11) is 0. The van der Waals surface area contributed by atoms with Crippen molar-refractivity contribution in [3.8, 4) is 0 Å². The van der Waals surface area contributed by atoms with E-state index in [0.717, 1.165) is 0 Å². The minimum absolute atomic E-state index is 0.0209. The summed E-state index contributed by atoms with van der Waals surface area (Å²) in [5.41, 5.74) is -2.46. The van der Waals surface area contributed by atoms with Crippen LogP contribution in [-0.2, 0) is 19.2 Å². The van der Waals surface area contributed by atoms with Gasteiger partial charge in [-0.1, -0.05) is 0 Å². The molecule has 3 fully saturated rings. The molecule has 1 N–H and O–H groups in total. The number of Topliss-reactive ketones (excluding diaryl/α,β-unsaturated/α-hetero) is 4. The van der Waals surface area contributed by atoms with Crippen LogP contribution in [0.15, 0.2) is 0 Å². The lowest BCUT2D eigenvalue weighted by atomic mass is 9.67. The molecule has 5 nitrogen and oxygen atoms in total. The number of hydrogen-bond acceptors (Lipinski definition) is 5. The second-order valence-electron chi connectivity index (χ2n) is 6.80. The lowest BCUT2D eigenvalue weighted by Gasteiger charge is -2.43. The number of carbonyl (C=O) groups is 4. The molecule has 3 aliphatic rings. The van der Waals surface area contributed by atoms with Crippen molar-refractivity contribution in [2.45, 2.75) is 57.0 Å². The predicted octanol–water partition coefficient (Wildman–Crippen LogP) is 0.347.